The number of hydrogen-bond donors (Lipinski definition) is 5. The summed E-state index contributed by atoms with van der Waals surface area (Å²) >= 11 is 0. The van der Waals surface area contributed by atoms with Gasteiger partial charge < -0.3 is 30.7 Å². The number of carboxylic acid groups (broad SMARTS) is 1. The Morgan fingerprint density at radius 1 is 0.956 bits per heavy atom. The standard InChI is InChI=1S/C32H34F3N3O7/c33-32(34,35)45-28-15-12-25(16-24(28)19-39)37-31(44)38(26-13-10-22(11-14-26)21-4-2-1-3-5-21)18-20-6-8-23(9-7-20)29(41)36-17-27(40)30(42)43/h6-16,21,27,39-40H,1-5,17-19H2,(H,36,41)(H,37,44)(H,42,43). The van der Waals surface area contributed by atoms with E-state index in [1.54, 1.807) is 12.1 Å². The van der Waals surface area contributed by atoms with E-state index in [2.05, 4.69) is 15.4 Å². The number of benzene rings is 3. The molecular weight excluding hydrogens is 595 g/mol. The SMILES string of the molecule is O=C(NCC(O)C(=O)O)c1ccc(CN(C(=O)Nc2ccc(OC(F)(F)F)c(CO)c2)c2ccc(C3CCCCC3)cc2)cc1. The molecule has 0 heterocycles. The first-order chi connectivity index (χ1) is 21.4. The van der Waals surface area contributed by atoms with Gasteiger partial charge in [0.1, 0.15) is 5.75 Å². The largest absolute Gasteiger partial charge is 0.573 e. The summed E-state index contributed by atoms with van der Waals surface area (Å²) in [6, 6.07) is 16.7. The maximum absolute atomic E-state index is 13.6. The van der Waals surface area contributed by atoms with Crippen molar-refractivity contribution in [2.45, 2.75) is 63.6 Å². The smallest absolute Gasteiger partial charge is 0.479 e. The van der Waals surface area contributed by atoms with E-state index < -0.39 is 49.3 Å². The number of nitrogens with one attached hydrogen (secondary N) is 2. The highest BCUT2D eigenvalue weighted by Gasteiger charge is 2.32. The summed E-state index contributed by atoms with van der Waals surface area (Å²) in [6.07, 6.45) is -0.957. The van der Waals surface area contributed by atoms with Crippen molar-refractivity contribution in [1.29, 1.82) is 0 Å². The molecule has 5 N–H and O–H groups in total. The lowest BCUT2D eigenvalue weighted by Gasteiger charge is -2.26. The van der Waals surface area contributed by atoms with E-state index in [4.69, 9.17) is 5.11 Å². The van der Waals surface area contributed by atoms with Crippen LogP contribution in [0.5, 0.6) is 5.75 Å². The molecule has 0 bridgehead atoms. The summed E-state index contributed by atoms with van der Waals surface area (Å²) < 4.78 is 42.2. The van der Waals surface area contributed by atoms with Crippen LogP contribution in [-0.4, -0.2) is 52.2 Å². The zero-order chi connectivity index (χ0) is 32.6. The second-order valence-electron chi connectivity index (χ2n) is 10.7. The molecule has 0 aromatic heterocycles. The van der Waals surface area contributed by atoms with Gasteiger partial charge in [0, 0.05) is 22.5 Å². The van der Waals surface area contributed by atoms with Gasteiger partial charge in [0.2, 0.25) is 0 Å². The minimum atomic E-state index is -4.95. The number of nitrogens with zero attached hydrogens (tertiary/aromatic N) is 1. The molecule has 3 aromatic carbocycles. The van der Waals surface area contributed by atoms with Gasteiger partial charge in [-0.3, -0.25) is 9.69 Å². The number of carboxylic acids is 1. The Balaban J connectivity index is 1.55. The predicted octanol–water partition coefficient (Wildman–Crippen LogP) is 5.54. The fourth-order valence-electron chi connectivity index (χ4n) is 5.16. The molecule has 3 amide bonds. The quantitative estimate of drug-likeness (QED) is 0.187. The lowest BCUT2D eigenvalue weighted by Crippen LogP contribution is -2.36. The monoisotopic (exact) mass is 629 g/mol. The number of carbonyl (C=O) groups is 3. The van der Waals surface area contributed by atoms with Crippen LogP contribution in [-0.2, 0) is 17.9 Å². The molecule has 1 saturated carbocycles. The third-order valence-electron chi connectivity index (χ3n) is 7.53. The first kappa shape index (κ1) is 33.3. The van der Waals surface area contributed by atoms with E-state index in [9.17, 15) is 37.8 Å². The molecule has 13 heteroatoms. The van der Waals surface area contributed by atoms with Gasteiger partial charge in [-0.15, -0.1) is 13.2 Å². The van der Waals surface area contributed by atoms with E-state index in [1.807, 2.05) is 24.3 Å². The minimum absolute atomic E-state index is 0.0519. The van der Waals surface area contributed by atoms with Crippen LogP contribution in [0, 0.1) is 0 Å². The Bertz CT molecular complexity index is 1470. The second kappa shape index (κ2) is 14.9. The normalized spacial score (nSPS) is 14.3. The van der Waals surface area contributed by atoms with Crippen molar-refractivity contribution >= 4 is 29.3 Å². The summed E-state index contributed by atoms with van der Waals surface area (Å²) in [7, 11) is 0. The molecule has 0 spiro atoms. The van der Waals surface area contributed by atoms with Gasteiger partial charge in [-0.05, 0) is 72.4 Å². The molecule has 1 aliphatic rings. The molecule has 1 unspecified atom stereocenters. The number of halogens is 3. The summed E-state index contributed by atoms with van der Waals surface area (Å²) in [4.78, 5) is 38.2. The Morgan fingerprint density at radius 3 is 2.22 bits per heavy atom. The highest BCUT2D eigenvalue weighted by Crippen LogP contribution is 2.34. The Hall–Kier alpha value is -4.62. The molecular formula is C32H34F3N3O7. The van der Waals surface area contributed by atoms with Crippen LogP contribution in [0.3, 0.4) is 0 Å². The minimum Gasteiger partial charge on any atom is -0.479 e. The number of rotatable bonds is 11. The zero-order valence-electron chi connectivity index (χ0n) is 24.2. The number of ether oxygens (including phenoxy) is 1. The van der Waals surface area contributed by atoms with Crippen LogP contribution in [0.15, 0.2) is 66.7 Å². The lowest BCUT2D eigenvalue weighted by atomic mass is 9.84. The van der Waals surface area contributed by atoms with Crippen molar-refractivity contribution in [3.05, 3.63) is 89.0 Å². The molecule has 1 fully saturated rings. The van der Waals surface area contributed by atoms with Gasteiger partial charge in [0.05, 0.1) is 19.7 Å². The third-order valence-corrected chi connectivity index (χ3v) is 7.53. The number of anilines is 2. The average Bonchev–Trinajstić information content (AvgIpc) is 3.03. The van der Waals surface area contributed by atoms with Crippen LogP contribution in [0.2, 0.25) is 0 Å². The maximum atomic E-state index is 13.6. The van der Waals surface area contributed by atoms with E-state index in [-0.39, 0.29) is 23.4 Å². The van der Waals surface area contributed by atoms with Crippen molar-refractivity contribution in [1.82, 2.24) is 5.32 Å². The fourth-order valence-corrected chi connectivity index (χ4v) is 5.16. The third kappa shape index (κ3) is 9.43. The van der Waals surface area contributed by atoms with Crippen molar-refractivity contribution in [2.24, 2.45) is 0 Å². The Labute approximate surface area is 257 Å². The molecule has 0 saturated heterocycles. The number of aliphatic carboxylic acids is 1. The predicted molar refractivity (Wildman–Crippen MR) is 159 cm³/mol. The molecule has 0 radical (unpaired) electrons. The van der Waals surface area contributed by atoms with Crippen LogP contribution in [0.4, 0.5) is 29.3 Å². The van der Waals surface area contributed by atoms with Crippen LogP contribution >= 0.6 is 0 Å². The highest BCUT2D eigenvalue weighted by atomic mass is 19.4. The summed E-state index contributed by atoms with van der Waals surface area (Å²) in [5, 5.41) is 32.8. The first-order valence-corrected chi connectivity index (χ1v) is 14.4. The zero-order valence-corrected chi connectivity index (χ0v) is 24.2. The maximum Gasteiger partial charge on any atom is 0.573 e. The van der Waals surface area contributed by atoms with Crippen LogP contribution in [0.1, 0.15) is 65.1 Å². The van der Waals surface area contributed by atoms with E-state index in [0.717, 1.165) is 31.7 Å². The van der Waals surface area contributed by atoms with Gasteiger partial charge in [-0.25, -0.2) is 9.59 Å². The molecule has 10 nitrogen and oxygen atoms in total. The highest BCUT2D eigenvalue weighted by molar-refractivity contribution is 6.02. The molecule has 45 heavy (non-hydrogen) atoms. The number of hydrogen-bond acceptors (Lipinski definition) is 6. The first-order valence-electron chi connectivity index (χ1n) is 14.4. The van der Waals surface area contributed by atoms with Crippen LogP contribution in [0.25, 0.3) is 0 Å². The van der Waals surface area contributed by atoms with Gasteiger partial charge in [0.25, 0.3) is 5.91 Å². The number of aliphatic hydroxyl groups is 2. The molecule has 240 valence electrons. The molecule has 1 aliphatic carbocycles. The van der Waals surface area contributed by atoms with Crippen molar-refractivity contribution in [2.75, 3.05) is 16.8 Å². The summed E-state index contributed by atoms with van der Waals surface area (Å²) in [6.45, 7) is -1.17. The Morgan fingerprint density at radius 2 is 1.62 bits per heavy atom. The van der Waals surface area contributed by atoms with Crippen molar-refractivity contribution in [3.63, 3.8) is 0 Å². The average molecular weight is 630 g/mol. The van der Waals surface area contributed by atoms with Gasteiger partial charge in [-0.2, -0.15) is 0 Å². The van der Waals surface area contributed by atoms with Crippen LogP contribution < -0.4 is 20.3 Å². The fraction of sp³-hybridized carbons (Fsp3) is 0.344. The molecule has 4 rings (SSSR count). The van der Waals surface area contributed by atoms with Gasteiger partial charge >= 0.3 is 18.4 Å². The number of amides is 3. The van der Waals surface area contributed by atoms with Crippen molar-refractivity contribution in [3.8, 4) is 5.75 Å². The molecule has 0 aliphatic heterocycles. The van der Waals surface area contributed by atoms with Gasteiger partial charge in [-0.1, -0.05) is 43.5 Å². The number of aliphatic hydroxyl groups excluding tert-OH is 2. The molecule has 3 aromatic rings. The topological polar surface area (TPSA) is 148 Å². The number of urea groups is 1. The lowest BCUT2D eigenvalue weighted by molar-refractivity contribution is -0.275. The van der Waals surface area contributed by atoms with Gasteiger partial charge in [0.15, 0.2) is 6.10 Å². The van der Waals surface area contributed by atoms with Crippen molar-refractivity contribution < 1.29 is 47.6 Å². The second-order valence-corrected chi connectivity index (χ2v) is 10.7. The molecule has 1 atom stereocenters. The number of carbonyl (C=O) groups excluding carboxylic acids is 2. The van der Waals surface area contributed by atoms with E-state index in [0.29, 0.717) is 17.2 Å². The van der Waals surface area contributed by atoms with E-state index in [1.165, 1.54) is 41.1 Å². The van der Waals surface area contributed by atoms with E-state index >= 15 is 0 Å². The number of alkyl halides is 3. The summed E-state index contributed by atoms with van der Waals surface area (Å²) in [5.41, 5.74) is 2.54. The Kier molecular flexibility index (Phi) is 11.0. The summed E-state index contributed by atoms with van der Waals surface area (Å²) in [5.74, 6) is -2.19.